The van der Waals surface area contributed by atoms with Crippen LogP contribution < -0.4 is 5.43 Å². The Balaban J connectivity index is 1.55. The third-order valence-electron chi connectivity index (χ3n) is 5.49. The van der Waals surface area contributed by atoms with Gasteiger partial charge < -0.3 is 9.84 Å². The van der Waals surface area contributed by atoms with Crippen molar-refractivity contribution in [3.05, 3.63) is 81.6 Å². The van der Waals surface area contributed by atoms with Crippen molar-refractivity contribution in [3.63, 3.8) is 0 Å². The fourth-order valence-corrected chi connectivity index (χ4v) is 4.16. The largest absolute Gasteiger partial charge is 0.461 e. The number of aromatic amines is 1. The van der Waals surface area contributed by atoms with E-state index in [4.69, 9.17) is 27.9 Å². The van der Waals surface area contributed by atoms with Gasteiger partial charge >= 0.3 is 5.97 Å². The quantitative estimate of drug-likeness (QED) is 0.203. The van der Waals surface area contributed by atoms with Crippen molar-refractivity contribution in [2.45, 2.75) is 32.6 Å². The van der Waals surface area contributed by atoms with Crippen molar-refractivity contribution in [1.82, 2.24) is 25.8 Å². The van der Waals surface area contributed by atoms with E-state index in [0.29, 0.717) is 32.7 Å². The van der Waals surface area contributed by atoms with Gasteiger partial charge in [-0.3, -0.25) is 15.3 Å². The Labute approximate surface area is 227 Å². The highest BCUT2D eigenvalue weighted by Gasteiger charge is 2.24. The highest BCUT2D eigenvalue weighted by Crippen LogP contribution is 2.27. The summed E-state index contributed by atoms with van der Waals surface area (Å²) in [5.74, 6) is -1.77. The van der Waals surface area contributed by atoms with Crippen LogP contribution in [0.2, 0.25) is 10.0 Å². The zero-order chi connectivity index (χ0) is 27.4. The van der Waals surface area contributed by atoms with Gasteiger partial charge in [-0.25, -0.2) is 14.2 Å². The second-order valence-corrected chi connectivity index (χ2v) is 9.65. The van der Waals surface area contributed by atoms with Crippen molar-refractivity contribution in [2.75, 3.05) is 6.54 Å². The molecule has 3 N–H and O–H groups in total. The second-order valence-electron chi connectivity index (χ2n) is 8.81. The number of ether oxygens (including phenoxy) is 1. The SMILES string of the molecule is CC(C)OC(=O)[C@H](O)CN(Cc1ccc(-c2cc(Cl)ccc2F)cc1)NC(=O)c1cc(Cl)c2nn[nH]c2c1. The number of aliphatic hydroxyl groups is 1. The Bertz CT molecular complexity index is 1460. The first-order valence-corrected chi connectivity index (χ1v) is 12.4. The minimum atomic E-state index is -1.53. The number of benzene rings is 3. The van der Waals surface area contributed by atoms with Crippen LogP contribution in [0.1, 0.15) is 29.8 Å². The molecule has 0 spiro atoms. The lowest BCUT2D eigenvalue weighted by Gasteiger charge is -2.25. The standard InChI is InChI=1S/C26H24Cl2FN5O4/c1-14(2)38-26(37)23(35)13-34(32-25(36)17-9-20(28)24-22(10-17)30-33-31-24)12-15-3-5-16(6-4-15)19-11-18(27)7-8-21(19)29/h3-11,14,23,35H,12-13H2,1-2H3,(H,32,36)(H,30,31,33)/t23-/m1/s1. The molecule has 0 unspecified atom stereocenters. The number of fused-ring (bicyclic) bond motifs is 1. The van der Waals surface area contributed by atoms with Crippen molar-refractivity contribution in [3.8, 4) is 11.1 Å². The Morgan fingerprint density at radius 3 is 2.58 bits per heavy atom. The van der Waals surface area contributed by atoms with Crippen LogP contribution in [0, 0.1) is 5.82 Å². The minimum Gasteiger partial charge on any atom is -0.461 e. The maximum Gasteiger partial charge on any atom is 0.336 e. The van der Waals surface area contributed by atoms with Crippen LogP contribution in [0.3, 0.4) is 0 Å². The molecule has 1 aromatic heterocycles. The number of carbonyl (C=O) groups excluding carboxylic acids is 2. The van der Waals surface area contributed by atoms with Crippen LogP contribution in [0.4, 0.5) is 4.39 Å². The molecule has 12 heteroatoms. The number of esters is 1. The fourth-order valence-electron chi connectivity index (χ4n) is 3.73. The molecule has 38 heavy (non-hydrogen) atoms. The van der Waals surface area contributed by atoms with E-state index in [2.05, 4.69) is 20.8 Å². The number of carbonyl (C=O) groups is 2. The second kappa shape index (κ2) is 11.9. The van der Waals surface area contributed by atoms with E-state index in [-0.39, 0.29) is 23.7 Å². The first kappa shape index (κ1) is 27.5. The molecular formula is C26H24Cl2FN5O4. The Hall–Kier alpha value is -3.57. The monoisotopic (exact) mass is 559 g/mol. The van der Waals surface area contributed by atoms with Crippen molar-refractivity contribution < 1.29 is 23.8 Å². The van der Waals surface area contributed by atoms with Gasteiger partial charge in [0, 0.05) is 22.7 Å². The van der Waals surface area contributed by atoms with Gasteiger partial charge in [-0.1, -0.05) is 52.7 Å². The highest BCUT2D eigenvalue weighted by atomic mass is 35.5. The van der Waals surface area contributed by atoms with E-state index in [0.717, 1.165) is 0 Å². The predicted molar refractivity (Wildman–Crippen MR) is 141 cm³/mol. The van der Waals surface area contributed by atoms with Crippen LogP contribution in [0.5, 0.6) is 0 Å². The number of nitrogens with one attached hydrogen (secondary N) is 2. The highest BCUT2D eigenvalue weighted by molar-refractivity contribution is 6.35. The molecule has 198 valence electrons. The van der Waals surface area contributed by atoms with E-state index in [1.54, 1.807) is 38.1 Å². The molecule has 0 saturated carbocycles. The van der Waals surface area contributed by atoms with E-state index < -0.39 is 29.9 Å². The lowest BCUT2D eigenvalue weighted by Crippen LogP contribution is -2.47. The topological polar surface area (TPSA) is 120 Å². The summed E-state index contributed by atoms with van der Waals surface area (Å²) in [5.41, 5.74) is 5.48. The van der Waals surface area contributed by atoms with Gasteiger partial charge in [0.25, 0.3) is 5.91 Å². The van der Waals surface area contributed by atoms with Crippen molar-refractivity contribution in [1.29, 1.82) is 0 Å². The fraction of sp³-hybridized carbons (Fsp3) is 0.231. The lowest BCUT2D eigenvalue weighted by molar-refractivity contribution is -0.158. The maximum absolute atomic E-state index is 14.3. The molecular weight excluding hydrogens is 536 g/mol. The summed E-state index contributed by atoms with van der Waals surface area (Å²) in [7, 11) is 0. The number of aliphatic hydroxyl groups excluding tert-OH is 1. The van der Waals surface area contributed by atoms with E-state index in [1.807, 2.05) is 0 Å². The number of halogens is 3. The number of hydrazine groups is 1. The summed E-state index contributed by atoms with van der Waals surface area (Å²) in [6, 6.07) is 14.2. The van der Waals surface area contributed by atoms with Crippen molar-refractivity contribution in [2.24, 2.45) is 0 Å². The van der Waals surface area contributed by atoms with Crippen LogP contribution in [-0.2, 0) is 16.1 Å². The average Bonchev–Trinajstić information content (AvgIpc) is 3.35. The lowest BCUT2D eigenvalue weighted by atomic mass is 10.0. The van der Waals surface area contributed by atoms with Crippen LogP contribution >= 0.6 is 23.2 Å². The number of amides is 1. The Morgan fingerprint density at radius 2 is 1.87 bits per heavy atom. The normalized spacial score (nSPS) is 12.2. The molecule has 3 aromatic carbocycles. The predicted octanol–water partition coefficient (Wildman–Crippen LogP) is 4.53. The summed E-state index contributed by atoms with van der Waals surface area (Å²) >= 11 is 12.2. The first-order valence-electron chi connectivity index (χ1n) is 11.6. The molecule has 0 bridgehead atoms. The molecule has 1 amide bonds. The molecule has 0 fully saturated rings. The third kappa shape index (κ3) is 6.65. The minimum absolute atomic E-state index is 0.109. The van der Waals surface area contributed by atoms with Gasteiger partial charge in [-0.05, 0) is 55.3 Å². The number of nitrogens with zero attached hydrogens (tertiary/aromatic N) is 3. The summed E-state index contributed by atoms with van der Waals surface area (Å²) in [5, 5.41) is 22.7. The van der Waals surface area contributed by atoms with Gasteiger partial charge in [0.15, 0.2) is 6.10 Å². The van der Waals surface area contributed by atoms with Gasteiger partial charge in [-0.15, -0.1) is 5.10 Å². The molecule has 0 aliphatic rings. The third-order valence-corrected chi connectivity index (χ3v) is 6.01. The van der Waals surface area contributed by atoms with Crippen LogP contribution in [0.25, 0.3) is 22.2 Å². The zero-order valence-corrected chi connectivity index (χ0v) is 21.9. The van der Waals surface area contributed by atoms with Gasteiger partial charge in [0.1, 0.15) is 11.3 Å². The first-order chi connectivity index (χ1) is 18.1. The molecule has 4 rings (SSSR count). The number of hydrogen-bond acceptors (Lipinski definition) is 7. The average molecular weight is 560 g/mol. The van der Waals surface area contributed by atoms with Gasteiger partial charge in [0.2, 0.25) is 0 Å². The van der Waals surface area contributed by atoms with Crippen LogP contribution in [0.15, 0.2) is 54.6 Å². The number of H-pyrrole nitrogens is 1. The Morgan fingerprint density at radius 1 is 1.13 bits per heavy atom. The summed E-state index contributed by atoms with van der Waals surface area (Å²) < 4.78 is 19.4. The maximum atomic E-state index is 14.3. The molecule has 0 aliphatic heterocycles. The van der Waals surface area contributed by atoms with E-state index in [9.17, 15) is 19.1 Å². The van der Waals surface area contributed by atoms with Gasteiger partial charge in [-0.2, -0.15) is 0 Å². The van der Waals surface area contributed by atoms with E-state index >= 15 is 0 Å². The molecule has 4 aromatic rings. The summed E-state index contributed by atoms with van der Waals surface area (Å²) in [6.45, 7) is 3.18. The van der Waals surface area contributed by atoms with Gasteiger partial charge in [0.05, 0.1) is 23.2 Å². The summed E-state index contributed by atoms with van der Waals surface area (Å²) in [6.07, 6.45) is -1.95. The molecule has 0 aliphatic carbocycles. The molecule has 1 heterocycles. The Kier molecular flexibility index (Phi) is 8.58. The van der Waals surface area contributed by atoms with Crippen LogP contribution in [-0.4, -0.2) is 56.2 Å². The molecule has 9 nitrogen and oxygen atoms in total. The van der Waals surface area contributed by atoms with Crippen molar-refractivity contribution >= 4 is 46.1 Å². The zero-order valence-electron chi connectivity index (χ0n) is 20.4. The number of rotatable bonds is 9. The number of hydrogen-bond donors (Lipinski definition) is 3. The summed E-state index contributed by atoms with van der Waals surface area (Å²) in [4.78, 5) is 25.3. The molecule has 0 saturated heterocycles. The molecule has 1 atom stereocenters. The van der Waals surface area contributed by atoms with E-state index in [1.165, 1.54) is 35.3 Å². The smallest absolute Gasteiger partial charge is 0.336 e. The molecule has 0 radical (unpaired) electrons. The number of aromatic nitrogens is 3.